The number of hydrogen-bond donors (Lipinski definition) is 2. The fourth-order valence-corrected chi connectivity index (χ4v) is 4.15. The highest BCUT2D eigenvalue weighted by atomic mass is 35.5. The van der Waals surface area contributed by atoms with Crippen molar-refractivity contribution in [2.24, 2.45) is 11.8 Å². The second-order valence-electron chi connectivity index (χ2n) is 5.84. The van der Waals surface area contributed by atoms with E-state index in [1.165, 1.54) is 0 Å². The number of pyridine rings is 1. The van der Waals surface area contributed by atoms with Gasteiger partial charge in [0.05, 0.1) is 28.8 Å². The third-order valence-electron chi connectivity index (χ3n) is 4.65. The zero-order valence-corrected chi connectivity index (χ0v) is 12.5. The third-order valence-corrected chi connectivity index (χ3v) is 4.96. The molecule has 0 aromatic carbocycles. The zero-order valence-electron chi connectivity index (χ0n) is 10.9. The summed E-state index contributed by atoms with van der Waals surface area (Å²) in [6.07, 6.45) is 5.09. The van der Waals surface area contributed by atoms with E-state index in [4.69, 9.17) is 11.6 Å². The zero-order chi connectivity index (χ0) is 13.0. The molecule has 4 rings (SSSR count). The molecule has 2 aliphatic rings. The number of hydrogen-bond acceptors (Lipinski definition) is 3. The monoisotopic (exact) mass is 313 g/mol. The van der Waals surface area contributed by atoms with E-state index in [-0.39, 0.29) is 12.4 Å². The van der Waals surface area contributed by atoms with E-state index in [9.17, 15) is 5.11 Å². The largest absolute Gasteiger partial charge is 0.384 e. The molecule has 2 N–H and O–H groups in total. The number of halogens is 2. The number of nitrogens with zero attached hydrogens (tertiary/aromatic N) is 2. The smallest absolute Gasteiger partial charge is 0.107 e. The molecular formula is C14H17Cl2N3O. The second-order valence-corrected chi connectivity index (χ2v) is 6.24. The summed E-state index contributed by atoms with van der Waals surface area (Å²) in [7, 11) is 0. The SMILES string of the molecule is Cl.O[C@@]1(c2c(Cl)ccc3cncn23)C[C@H]2CNC[C@H]2C1. The maximum absolute atomic E-state index is 11.1. The molecule has 3 atom stereocenters. The minimum atomic E-state index is -0.825. The van der Waals surface area contributed by atoms with Crippen LogP contribution in [0.3, 0.4) is 0 Å². The number of rotatable bonds is 1. The molecular weight excluding hydrogens is 297 g/mol. The Kier molecular flexibility index (Phi) is 3.45. The first kappa shape index (κ1) is 14.1. The lowest BCUT2D eigenvalue weighted by atomic mass is 9.94. The van der Waals surface area contributed by atoms with Crippen LogP contribution >= 0.6 is 24.0 Å². The van der Waals surface area contributed by atoms with Crippen LogP contribution in [-0.4, -0.2) is 27.6 Å². The van der Waals surface area contributed by atoms with Crippen molar-refractivity contribution >= 4 is 29.5 Å². The molecule has 1 aliphatic heterocycles. The number of fused-ring (bicyclic) bond motifs is 2. The lowest BCUT2D eigenvalue weighted by molar-refractivity contribution is 0.0304. The molecule has 1 aliphatic carbocycles. The van der Waals surface area contributed by atoms with Crippen molar-refractivity contribution in [1.82, 2.24) is 14.7 Å². The molecule has 2 fully saturated rings. The Morgan fingerprint density at radius 1 is 1.30 bits per heavy atom. The predicted molar refractivity (Wildman–Crippen MR) is 80.4 cm³/mol. The van der Waals surface area contributed by atoms with Crippen LogP contribution in [0.25, 0.3) is 5.52 Å². The molecule has 108 valence electrons. The van der Waals surface area contributed by atoms with Crippen molar-refractivity contribution in [1.29, 1.82) is 0 Å². The average molecular weight is 314 g/mol. The van der Waals surface area contributed by atoms with Gasteiger partial charge in [0.15, 0.2) is 0 Å². The van der Waals surface area contributed by atoms with Gasteiger partial charge < -0.3 is 10.4 Å². The van der Waals surface area contributed by atoms with Crippen LogP contribution in [0, 0.1) is 11.8 Å². The highest BCUT2D eigenvalue weighted by Gasteiger charge is 2.48. The molecule has 4 nitrogen and oxygen atoms in total. The fraction of sp³-hybridized carbons (Fsp3) is 0.500. The average Bonchev–Trinajstić information content (AvgIpc) is 3.02. The summed E-state index contributed by atoms with van der Waals surface area (Å²) in [5.74, 6) is 1.11. The van der Waals surface area contributed by atoms with Gasteiger partial charge in [-0.05, 0) is 49.9 Å². The number of nitrogens with one attached hydrogen (secondary N) is 1. The van der Waals surface area contributed by atoms with E-state index in [0.29, 0.717) is 16.9 Å². The van der Waals surface area contributed by atoms with E-state index in [1.54, 1.807) is 12.5 Å². The van der Waals surface area contributed by atoms with Gasteiger partial charge in [-0.25, -0.2) is 4.98 Å². The summed E-state index contributed by atoms with van der Waals surface area (Å²) in [6, 6.07) is 3.79. The summed E-state index contributed by atoms with van der Waals surface area (Å²) < 4.78 is 1.93. The minimum Gasteiger partial charge on any atom is -0.384 e. The lowest BCUT2D eigenvalue weighted by Gasteiger charge is -2.26. The van der Waals surface area contributed by atoms with Crippen molar-refractivity contribution in [2.75, 3.05) is 13.1 Å². The maximum Gasteiger partial charge on any atom is 0.107 e. The second kappa shape index (κ2) is 4.88. The van der Waals surface area contributed by atoms with Crippen LogP contribution in [0.5, 0.6) is 0 Å². The van der Waals surface area contributed by atoms with Crippen molar-refractivity contribution in [3.8, 4) is 0 Å². The Hall–Kier alpha value is -0.810. The van der Waals surface area contributed by atoms with Crippen molar-refractivity contribution in [3.05, 3.63) is 35.4 Å². The van der Waals surface area contributed by atoms with Gasteiger partial charge in [0, 0.05) is 0 Å². The molecule has 1 saturated heterocycles. The quantitative estimate of drug-likeness (QED) is 0.849. The molecule has 2 aromatic rings. The van der Waals surface area contributed by atoms with Crippen LogP contribution in [0.4, 0.5) is 0 Å². The summed E-state index contributed by atoms with van der Waals surface area (Å²) in [5, 5.41) is 15.1. The summed E-state index contributed by atoms with van der Waals surface area (Å²) in [4.78, 5) is 4.16. The minimum absolute atomic E-state index is 0. The van der Waals surface area contributed by atoms with Gasteiger partial charge in [0.25, 0.3) is 0 Å². The van der Waals surface area contributed by atoms with E-state index < -0.39 is 5.60 Å². The molecule has 2 aromatic heterocycles. The molecule has 0 unspecified atom stereocenters. The van der Waals surface area contributed by atoms with Gasteiger partial charge in [-0.3, -0.25) is 4.40 Å². The first-order valence-electron chi connectivity index (χ1n) is 6.71. The first-order chi connectivity index (χ1) is 9.17. The van der Waals surface area contributed by atoms with E-state index >= 15 is 0 Å². The first-order valence-corrected chi connectivity index (χ1v) is 7.09. The van der Waals surface area contributed by atoms with Crippen LogP contribution in [0.15, 0.2) is 24.7 Å². The molecule has 0 spiro atoms. The van der Waals surface area contributed by atoms with Crippen LogP contribution < -0.4 is 5.32 Å². The van der Waals surface area contributed by atoms with E-state index in [1.807, 2.05) is 16.5 Å². The summed E-state index contributed by atoms with van der Waals surface area (Å²) >= 11 is 6.36. The van der Waals surface area contributed by atoms with E-state index in [2.05, 4.69) is 10.3 Å². The Balaban J connectivity index is 0.00000121. The number of aliphatic hydroxyl groups is 1. The van der Waals surface area contributed by atoms with Gasteiger partial charge in [-0.1, -0.05) is 11.6 Å². The number of imidazole rings is 1. The van der Waals surface area contributed by atoms with Gasteiger partial charge in [0.2, 0.25) is 0 Å². The lowest BCUT2D eigenvalue weighted by Crippen LogP contribution is -2.28. The standard InChI is InChI=1S/C14H16ClN3O.ClH/c15-12-2-1-11-7-17-8-18(11)13(12)14(19)3-9-5-16-6-10(9)4-14;/h1-2,7-10,16,19H,3-6H2;1H/t9-,10+,14-;. The van der Waals surface area contributed by atoms with Crippen LogP contribution in [0.2, 0.25) is 5.02 Å². The van der Waals surface area contributed by atoms with Gasteiger partial charge >= 0.3 is 0 Å². The molecule has 0 radical (unpaired) electrons. The Morgan fingerprint density at radius 3 is 2.70 bits per heavy atom. The molecule has 3 heterocycles. The van der Waals surface area contributed by atoms with Crippen LogP contribution in [0.1, 0.15) is 18.5 Å². The Morgan fingerprint density at radius 2 is 2.00 bits per heavy atom. The third kappa shape index (κ3) is 1.94. The topological polar surface area (TPSA) is 49.6 Å². The highest BCUT2D eigenvalue weighted by Crippen LogP contribution is 2.48. The van der Waals surface area contributed by atoms with Crippen molar-refractivity contribution in [3.63, 3.8) is 0 Å². The number of aromatic nitrogens is 2. The van der Waals surface area contributed by atoms with Crippen molar-refractivity contribution in [2.45, 2.75) is 18.4 Å². The molecule has 20 heavy (non-hydrogen) atoms. The molecule has 0 bridgehead atoms. The van der Waals surface area contributed by atoms with Gasteiger partial charge in [-0.2, -0.15) is 0 Å². The molecule has 0 amide bonds. The molecule has 1 saturated carbocycles. The van der Waals surface area contributed by atoms with Gasteiger partial charge in [-0.15, -0.1) is 12.4 Å². The normalized spacial score (nSPS) is 32.3. The Bertz CT molecular complexity index is 630. The molecule has 6 heteroatoms. The van der Waals surface area contributed by atoms with Crippen molar-refractivity contribution < 1.29 is 5.11 Å². The van der Waals surface area contributed by atoms with Gasteiger partial charge in [0.1, 0.15) is 5.60 Å². The highest BCUT2D eigenvalue weighted by molar-refractivity contribution is 6.31. The summed E-state index contributed by atoms with van der Waals surface area (Å²) in [6.45, 7) is 2.01. The predicted octanol–water partition coefficient (Wildman–Crippen LogP) is 2.23. The Labute approximate surface area is 128 Å². The van der Waals surface area contributed by atoms with Crippen LogP contribution in [-0.2, 0) is 5.60 Å². The van der Waals surface area contributed by atoms with E-state index in [0.717, 1.165) is 37.1 Å². The fourth-order valence-electron chi connectivity index (χ4n) is 3.82. The maximum atomic E-state index is 11.1. The summed E-state index contributed by atoms with van der Waals surface area (Å²) in [5.41, 5.74) is 0.955.